The number of unbranched alkanes of at least 4 members (excludes halogenated alkanes) is 2. The van der Waals surface area contributed by atoms with Crippen LogP contribution < -0.4 is 0 Å². The first-order valence-electron chi connectivity index (χ1n) is 4.86. The van der Waals surface area contributed by atoms with Crippen LogP contribution in [0.1, 0.15) is 46.0 Å². The van der Waals surface area contributed by atoms with E-state index in [9.17, 15) is 4.79 Å². The molecule has 0 heterocycles. The van der Waals surface area contributed by atoms with Crippen LogP contribution >= 0.6 is 0 Å². The van der Waals surface area contributed by atoms with E-state index in [4.69, 9.17) is 0 Å². The van der Waals surface area contributed by atoms with Gasteiger partial charge in [0.25, 0.3) is 0 Å². The Hall–Kier alpha value is -0.590. The van der Waals surface area contributed by atoms with Gasteiger partial charge in [-0.3, -0.25) is 0 Å². The Morgan fingerprint density at radius 1 is 1.08 bits per heavy atom. The van der Waals surface area contributed by atoms with E-state index >= 15 is 0 Å². The van der Waals surface area contributed by atoms with Crippen molar-refractivity contribution in [3.63, 3.8) is 0 Å². The molecule has 0 fully saturated rings. The molecule has 1 nitrogen and oxygen atoms in total. The van der Waals surface area contributed by atoms with Crippen molar-refractivity contribution in [1.29, 1.82) is 0 Å². The molecule has 1 heteroatoms. The number of rotatable bonds is 7. The normalized spacial score (nSPS) is 11.2. The fraction of sp³-hybridized carbons (Fsp3) is 0.727. The van der Waals surface area contributed by atoms with Crippen molar-refractivity contribution in [1.82, 2.24) is 0 Å². The maximum absolute atomic E-state index is 9.95. The predicted octanol–water partition coefficient (Wildman–Crippen LogP) is 3.35. The molecule has 0 aliphatic heterocycles. The third-order valence-electron chi connectivity index (χ3n) is 1.77. The number of hydrogen-bond acceptors (Lipinski definition) is 1. The second-order valence-electron chi connectivity index (χ2n) is 3.54. The molecular formula is C11H20O. The molecule has 12 heavy (non-hydrogen) atoms. The van der Waals surface area contributed by atoms with E-state index in [2.05, 4.69) is 26.0 Å². The molecule has 0 spiro atoms. The van der Waals surface area contributed by atoms with Crippen LogP contribution in [0, 0.1) is 5.92 Å². The summed E-state index contributed by atoms with van der Waals surface area (Å²) in [5, 5.41) is 0. The SMILES string of the molecule is CC(C)CCCC=CCCC=O. The number of hydrogen-bond donors (Lipinski definition) is 0. The van der Waals surface area contributed by atoms with Crippen LogP contribution in [-0.4, -0.2) is 6.29 Å². The van der Waals surface area contributed by atoms with E-state index in [1.54, 1.807) is 0 Å². The van der Waals surface area contributed by atoms with Crippen LogP contribution in [0.3, 0.4) is 0 Å². The van der Waals surface area contributed by atoms with Gasteiger partial charge in [-0.2, -0.15) is 0 Å². The molecule has 0 atom stereocenters. The second-order valence-corrected chi connectivity index (χ2v) is 3.54. The highest BCUT2D eigenvalue weighted by Crippen LogP contribution is 2.06. The lowest BCUT2D eigenvalue weighted by Gasteiger charge is -2.00. The number of aldehydes is 1. The maximum atomic E-state index is 9.95. The van der Waals surface area contributed by atoms with E-state index in [0.717, 1.165) is 25.0 Å². The monoisotopic (exact) mass is 168 g/mol. The van der Waals surface area contributed by atoms with Gasteiger partial charge >= 0.3 is 0 Å². The van der Waals surface area contributed by atoms with Gasteiger partial charge in [-0.25, -0.2) is 0 Å². The maximum Gasteiger partial charge on any atom is 0.120 e. The van der Waals surface area contributed by atoms with E-state index in [1.807, 2.05) is 0 Å². The summed E-state index contributed by atoms with van der Waals surface area (Å²) in [6.45, 7) is 4.49. The van der Waals surface area contributed by atoms with E-state index in [-0.39, 0.29) is 0 Å². The minimum atomic E-state index is 0.667. The summed E-state index contributed by atoms with van der Waals surface area (Å²) < 4.78 is 0. The molecule has 0 aromatic carbocycles. The summed E-state index contributed by atoms with van der Waals surface area (Å²) in [7, 11) is 0. The van der Waals surface area contributed by atoms with Crippen molar-refractivity contribution in [2.45, 2.75) is 46.0 Å². The van der Waals surface area contributed by atoms with Crippen LogP contribution in [0.25, 0.3) is 0 Å². The van der Waals surface area contributed by atoms with Crippen molar-refractivity contribution >= 4 is 6.29 Å². The second kappa shape index (κ2) is 8.51. The molecule has 0 rings (SSSR count). The summed E-state index contributed by atoms with van der Waals surface area (Å²) in [6, 6.07) is 0. The Bertz CT molecular complexity index is 125. The molecule has 0 saturated heterocycles. The van der Waals surface area contributed by atoms with Crippen molar-refractivity contribution in [3.05, 3.63) is 12.2 Å². The predicted molar refractivity (Wildman–Crippen MR) is 53.1 cm³/mol. The van der Waals surface area contributed by atoms with Crippen LogP contribution in [-0.2, 0) is 4.79 Å². The average molecular weight is 168 g/mol. The van der Waals surface area contributed by atoms with Gasteiger partial charge < -0.3 is 4.79 Å². The lowest BCUT2D eigenvalue weighted by Crippen LogP contribution is -1.84. The Morgan fingerprint density at radius 2 is 1.75 bits per heavy atom. The van der Waals surface area contributed by atoms with Crippen LogP contribution in [0.2, 0.25) is 0 Å². The zero-order valence-corrected chi connectivity index (χ0v) is 8.25. The standard InChI is InChI=1S/C11H20O/c1-11(2)9-7-5-3-4-6-8-10-12/h3-4,10-11H,5-9H2,1-2H3. The third kappa shape index (κ3) is 9.41. The Kier molecular flexibility index (Phi) is 8.09. The minimum absolute atomic E-state index is 0.667. The molecule has 0 aromatic heterocycles. The first-order chi connectivity index (χ1) is 5.77. The largest absolute Gasteiger partial charge is 0.303 e. The van der Waals surface area contributed by atoms with Crippen molar-refractivity contribution in [3.8, 4) is 0 Å². The molecule has 0 aliphatic carbocycles. The highest BCUT2D eigenvalue weighted by molar-refractivity contribution is 5.49. The first-order valence-corrected chi connectivity index (χ1v) is 4.86. The molecule has 0 aromatic rings. The average Bonchev–Trinajstić information content (AvgIpc) is 2.02. The van der Waals surface area contributed by atoms with E-state index in [1.165, 1.54) is 12.8 Å². The quantitative estimate of drug-likeness (QED) is 0.324. The van der Waals surface area contributed by atoms with Gasteiger partial charge in [-0.05, 0) is 25.2 Å². The van der Waals surface area contributed by atoms with Gasteiger partial charge in [0, 0.05) is 6.42 Å². The summed E-state index contributed by atoms with van der Waals surface area (Å²) in [5.74, 6) is 0.813. The molecule has 0 aliphatic rings. The van der Waals surface area contributed by atoms with Crippen molar-refractivity contribution in [2.75, 3.05) is 0 Å². The van der Waals surface area contributed by atoms with Gasteiger partial charge in [0.05, 0.1) is 0 Å². The summed E-state index contributed by atoms with van der Waals surface area (Å²) in [5.41, 5.74) is 0. The fourth-order valence-corrected chi connectivity index (χ4v) is 1.04. The molecule has 0 saturated carbocycles. The lowest BCUT2D eigenvalue weighted by atomic mass is 10.1. The third-order valence-corrected chi connectivity index (χ3v) is 1.77. The number of carbonyl (C=O) groups excluding carboxylic acids is 1. The number of allylic oxidation sites excluding steroid dienone is 2. The van der Waals surface area contributed by atoms with Gasteiger partial charge in [0.15, 0.2) is 0 Å². The first kappa shape index (κ1) is 11.4. The molecule has 0 N–H and O–H groups in total. The molecular weight excluding hydrogens is 148 g/mol. The topological polar surface area (TPSA) is 17.1 Å². The van der Waals surface area contributed by atoms with Gasteiger partial charge in [-0.1, -0.05) is 32.4 Å². The zero-order valence-electron chi connectivity index (χ0n) is 8.25. The Balaban J connectivity index is 3.07. The Morgan fingerprint density at radius 3 is 2.33 bits per heavy atom. The number of carbonyl (C=O) groups is 1. The van der Waals surface area contributed by atoms with Crippen molar-refractivity contribution < 1.29 is 4.79 Å². The van der Waals surface area contributed by atoms with Crippen LogP contribution in [0.5, 0.6) is 0 Å². The molecule has 0 unspecified atom stereocenters. The van der Waals surface area contributed by atoms with Crippen LogP contribution in [0.4, 0.5) is 0 Å². The molecule has 0 amide bonds. The van der Waals surface area contributed by atoms with Crippen molar-refractivity contribution in [2.24, 2.45) is 5.92 Å². The van der Waals surface area contributed by atoms with E-state index in [0.29, 0.717) is 6.42 Å². The van der Waals surface area contributed by atoms with Gasteiger partial charge in [0.1, 0.15) is 6.29 Å². The van der Waals surface area contributed by atoms with Gasteiger partial charge in [0.2, 0.25) is 0 Å². The summed E-state index contributed by atoms with van der Waals surface area (Å²) >= 11 is 0. The molecule has 0 radical (unpaired) electrons. The van der Waals surface area contributed by atoms with E-state index < -0.39 is 0 Å². The summed E-state index contributed by atoms with van der Waals surface area (Å²) in [4.78, 5) is 9.95. The highest BCUT2D eigenvalue weighted by atomic mass is 16.1. The lowest BCUT2D eigenvalue weighted by molar-refractivity contribution is -0.107. The molecule has 70 valence electrons. The minimum Gasteiger partial charge on any atom is -0.303 e. The van der Waals surface area contributed by atoms with Gasteiger partial charge in [-0.15, -0.1) is 0 Å². The molecule has 0 bridgehead atoms. The summed E-state index contributed by atoms with van der Waals surface area (Å²) in [6.07, 6.45) is 10.6. The zero-order chi connectivity index (χ0) is 9.23. The smallest absolute Gasteiger partial charge is 0.120 e. The van der Waals surface area contributed by atoms with Crippen LogP contribution in [0.15, 0.2) is 12.2 Å². The fourth-order valence-electron chi connectivity index (χ4n) is 1.04. The highest BCUT2D eigenvalue weighted by Gasteiger charge is 1.90. The Labute approximate surface area is 75.9 Å².